The zero-order valence-electron chi connectivity index (χ0n) is 11.3. The molecule has 1 rings (SSSR count). The van der Waals surface area contributed by atoms with Gasteiger partial charge in [-0.2, -0.15) is 0 Å². The van der Waals surface area contributed by atoms with E-state index < -0.39 is 15.9 Å². The summed E-state index contributed by atoms with van der Waals surface area (Å²) in [6.07, 6.45) is 1.38. The molecule has 0 fully saturated rings. The van der Waals surface area contributed by atoms with Crippen molar-refractivity contribution in [1.29, 1.82) is 0 Å². The van der Waals surface area contributed by atoms with Gasteiger partial charge >= 0.3 is 0 Å². The molecule has 1 unspecified atom stereocenters. The minimum atomic E-state index is -3.42. The van der Waals surface area contributed by atoms with E-state index in [2.05, 4.69) is 5.32 Å². The van der Waals surface area contributed by atoms with E-state index in [1.165, 1.54) is 24.3 Å². The average Bonchev–Trinajstić information content (AvgIpc) is 2.39. The Bertz CT molecular complexity index is 543. The fourth-order valence-corrected chi connectivity index (χ4v) is 2.92. The molecule has 0 aliphatic heterocycles. The molecule has 112 valence electrons. The van der Waals surface area contributed by atoms with Gasteiger partial charge in [-0.15, -0.1) is 0 Å². The van der Waals surface area contributed by atoms with Crippen molar-refractivity contribution in [2.75, 3.05) is 12.3 Å². The fraction of sp³-hybridized carbons (Fsp3) is 0.462. The summed E-state index contributed by atoms with van der Waals surface area (Å²) in [4.78, 5) is 11.7. The van der Waals surface area contributed by atoms with Crippen molar-refractivity contribution in [2.45, 2.75) is 30.7 Å². The van der Waals surface area contributed by atoms with Crippen LogP contribution in [-0.2, 0) is 14.6 Å². The molecule has 3 N–H and O–H groups in total. The zero-order valence-corrected chi connectivity index (χ0v) is 12.9. The first-order valence-corrected chi connectivity index (χ1v) is 8.41. The molecular formula is C13H19ClN2O3S. The molecule has 1 aromatic rings. The van der Waals surface area contributed by atoms with Gasteiger partial charge in [0.1, 0.15) is 0 Å². The summed E-state index contributed by atoms with van der Waals surface area (Å²) < 4.78 is 24.0. The van der Waals surface area contributed by atoms with E-state index in [1.54, 1.807) is 0 Å². The number of hydrogen-bond acceptors (Lipinski definition) is 4. The third-order valence-corrected chi connectivity index (χ3v) is 4.76. The lowest BCUT2D eigenvalue weighted by Gasteiger charge is -2.11. The number of rotatable bonds is 7. The van der Waals surface area contributed by atoms with Gasteiger partial charge < -0.3 is 11.1 Å². The van der Waals surface area contributed by atoms with Crippen LogP contribution < -0.4 is 11.1 Å². The number of nitrogens with one attached hydrogen (secondary N) is 1. The summed E-state index contributed by atoms with van der Waals surface area (Å²) in [6, 6.07) is 5.34. The van der Waals surface area contributed by atoms with Crippen molar-refractivity contribution >= 4 is 27.3 Å². The summed E-state index contributed by atoms with van der Waals surface area (Å²) in [6.45, 7) is 1.97. The highest BCUT2D eigenvalue weighted by molar-refractivity contribution is 7.91. The van der Waals surface area contributed by atoms with E-state index in [-0.39, 0.29) is 23.1 Å². The molecule has 1 aromatic carbocycles. The Hall–Kier alpha value is -1.11. The number of hydrogen-bond donors (Lipinski definition) is 2. The molecule has 0 aliphatic carbocycles. The number of nitrogens with two attached hydrogens (primary N) is 1. The van der Waals surface area contributed by atoms with Crippen LogP contribution in [-0.4, -0.2) is 32.7 Å². The molecular weight excluding hydrogens is 300 g/mol. The topological polar surface area (TPSA) is 89.3 Å². The van der Waals surface area contributed by atoms with Gasteiger partial charge in [-0.3, -0.25) is 4.79 Å². The van der Waals surface area contributed by atoms with Gasteiger partial charge in [0.25, 0.3) is 0 Å². The molecule has 0 saturated heterocycles. The van der Waals surface area contributed by atoms with Crippen molar-refractivity contribution in [2.24, 2.45) is 5.73 Å². The number of amides is 1. The largest absolute Gasteiger partial charge is 0.354 e. The summed E-state index contributed by atoms with van der Waals surface area (Å²) in [5.41, 5.74) is 5.63. The van der Waals surface area contributed by atoms with Crippen molar-refractivity contribution in [3.05, 3.63) is 29.3 Å². The van der Waals surface area contributed by atoms with Crippen molar-refractivity contribution in [1.82, 2.24) is 5.32 Å². The lowest BCUT2D eigenvalue weighted by Crippen LogP contribution is -2.42. The van der Waals surface area contributed by atoms with E-state index in [0.29, 0.717) is 11.4 Å². The maximum atomic E-state index is 12.0. The van der Waals surface area contributed by atoms with Gasteiger partial charge in [0, 0.05) is 11.6 Å². The van der Waals surface area contributed by atoms with Crippen LogP contribution >= 0.6 is 11.6 Å². The molecule has 5 nitrogen and oxygen atoms in total. The summed E-state index contributed by atoms with van der Waals surface area (Å²) in [5.74, 6) is -0.489. The first-order valence-electron chi connectivity index (χ1n) is 6.38. The Morgan fingerprint density at radius 1 is 1.35 bits per heavy atom. The molecule has 7 heteroatoms. The number of benzene rings is 1. The number of halogens is 1. The Morgan fingerprint density at radius 2 is 1.95 bits per heavy atom. The molecule has 0 aliphatic rings. The number of sulfone groups is 1. The SMILES string of the molecule is CCCC(N)C(=O)NCCS(=O)(=O)c1ccc(Cl)cc1. The van der Waals surface area contributed by atoms with E-state index in [4.69, 9.17) is 17.3 Å². The molecule has 0 spiro atoms. The first kappa shape index (κ1) is 16.9. The van der Waals surface area contributed by atoms with Crippen LogP contribution in [0.15, 0.2) is 29.2 Å². The van der Waals surface area contributed by atoms with Gasteiger partial charge in [0.2, 0.25) is 5.91 Å². The zero-order chi connectivity index (χ0) is 15.2. The highest BCUT2D eigenvalue weighted by atomic mass is 35.5. The smallest absolute Gasteiger partial charge is 0.236 e. The summed E-state index contributed by atoms with van der Waals surface area (Å²) >= 11 is 5.71. The number of carbonyl (C=O) groups excluding carboxylic acids is 1. The Balaban J connectivity index is 2.52. The molecule has 1 atom stereocenters. The van der Waals surface area contributed by atoms with Crippen LogP contribution in [0.2, 0.25) is 5.02 Å². The van der Waals surface area contributed by atoms with Crippen molar-refractivity contribution in [3.63, 3.8) is 0 Å². The highest BCUT2D eigenvalue weighted by Gasteiger charge is 2.16. The van der Waals surface area contributed by atoms with E-state index in [9.17, 15) is 13.2 Å². The third kappa shape index (κ3) is 5.11. The maximum absolute atomic E-state index is 12.0. The summed E-state index contributed by atoms with van der Waals surface area (Å²) in [5, 5.41) is 3.01. The second kappa shape index (κ2) is 7.61. The molecule has 20 heavy (non-hydrogen) atoms. The predicted molar refractivity (Wildman–Crippen MR) is 79.4 cm³/mol. The second-order valence-corrected chi connectivity index (χ2v) is 7.00. The molecule has 0 heterocycles. The first-order chi connectivity index (χ1) is 9.36. The van der Waals surface area contributed by atoms with Crippen LogP contribution in [0.1, 0.15) is 19.8 Å². The van der Waals surface area contributed by atoms with Crippen LogP contribution in [0.5, 0.6) is 0 Å². The van der Waals surface area contributed by atoms with Crippen molar-refractivity contribution in [3.8, 4) is 0 Å². The van der Waals surface area contributed by atoms with Crippen LogP contribution in [0.3, 0.4) is 0 Å². The van der Waals surface area contributed by atoms with Gasteiger partial charge in [-0.25, -0.2) is 8.42 Å². The molecule has 0 bridgehead atoms. The Kier molecular flexibility index (Phi) is 6.45. The quantitative estimate of drug-likeness (QED) is 0.794. The molecule has 0 radical (unpaired) electrons. The normalized spacial score (nSPS) is 12.9. The van der Waals surface area contributed by atoms with Crippen molar-refractivity contribution < 1.29 is 13.2 Å². The number of carbonyl (C=O) groups is 1. The maximum Gasteiger partial charge on any atom is 0.236 e. The van der Waals surface area contributed by atoms with Gasteiger partial charge in [0.05, 0.1) is 16.7 Å². The van der Waals surface area contributed by atoms with Crippen LogP contribution in [0, 0.1) is 0 Å². The Labute approximate surface area is 124 Å². The molecule has 1 amide bonds. The lowest BCUT2D eigenvalue weighted by atomic mass is 10.2. The third-order valence-electron chi connectivity index (χ3n) is 2.78. The average molecular weight is 319 g/mol. The van der Waals surface area contributed by atoms with E-state index in [1.807, 2.05) is 6.92 Å². The van der Waals surface area contributed by atoms with Crippen LogP contribution in [0.25, 0.3) is 0 Å². The minimum absolute atomic E-state index is 0.0429. The van der Waals surface area contributed by atoms with E-state index >= 15 is 0 Å². The second-order valence-electron chi connectivity index (χ2n) is 4.46. The van der Waals surface area contributed by atoms with Gasteiger partial charge in [0.15, 0.2) is 9.84 Å². The van der Waals surface area contributed by atoms with Gasteiger partial charge in [-0.1, -0.05) is 24.9 Å². The van der Waals surface area contributed by atoms with Gasteiger partial charge in [-0.05, 0) is 30.7 Å². The predicted octanol–water partition coefficient (Wildman–Crippen LogP) is 1.36. The highest BCUT2D eigenvalue weighted by Crippen LogP contribution is 2.15. The summed E-state index contributed by atoms with van der Waals surface area (Å²) in [7, 11) is -3.42. The molecule has 0 aromatic heterocycles. The standard InChI is InChI=1S/C13H19ClN2O3S/c1-2-3-12(15)13(17)16-8-9-20(18,19)11-6-4-10(14)5-7-11/h4-7,12H,2-3,8-9,15H2,1H3,(H,16,17). The van der Waals surface area contributed by atoms with E-state index in [0.717, 1.165) is 6.42 Å². The minimum Gasteiger partial charge on any atom is -0.354 e. The Morgan fingerprint density at radius 3 is 2.50 bits per heavy atom. The fourth-order valence-electron chi connectivity index (χ4n) is 1.64. The molecule has 0 saturated carbocycles. The monoisotopic (exact) mass is 318 g/mol. The van der Waals surface area contributed by atoms with Crippen LogP contribution in [0.4, 0.5) is 0 Å². The lowest BCUT2D eigenvalue weighted by molar-refractivity contribution is -0.122.